The molecule has 0 amide bonds. The molecule has 0 saturated carbocycles. The number of thiophene rings is 1. The number of nitrogens with two attached hydrogens (primary N) is 1. The molecule has 0 aliphatic rings. The zero-order chi connectivity index (χ0) is 14.2. The van der Waals surface area contributed by atoms with E-state index in [2.05, 4.69) is 4.74 Å². The number of nitrogen functional groups attached to an aromatic ring is 1. The number of ether oxygens (including phenoxy) is 1. The standard InChI is InChI=1S/C11H10N2O5S/c1-5-8(12)10(11(14)17-2)19-9(5)6-3-4-7(18-6)13(15)16/h3-4H,12H2,1-2H3. The molecule has 19 heavy (non-hydrogen) atoms. The summed E-state index contributed by atoms with van der Waals surface area (Å²) in [5.74, 6) is -0.602. The quantitative estimate of drug-likeness (QED) is 0.526. The van der Waals surface area contributed by atoms with E-state index in [9.17, 15) is 14.9 Å². The van der Waals surface area contributed by atoms with Gasteiger partial charge in [0.15, 0.2) is 5.76 Å². The molecule has 2 aromatic heterocycles. The lowest BCUT2D eigenvalue weighted by molar-refractivity contribution is -0.401. The number of carbonyl (C=O) groups excluding carboxylic acids is 1. The van der Waals surface area contributed by atoms with Gasteiger partial charge in [-0.05, 0) is 18.6 Å². The number of anilines is 1. The second-order valence-corrected chi connectivity index (χ2v) is 4.71. The third-order valence-corrected chi connectivity index (χ3v) is 3.86. The monoisotopic (exact) mass is 282 g/mol. The maximum atomic E-state index is 11.5. The average molecular weight is 282 g/mol. The number of methoxy groups -OCH3 is 1. The molecule has 0 radical (unpaired) electrons. The number of nitrogens with zero attached hydrogens (tertiary/aromatic N) is 1. The van der Waals surface area contributed by atoms with Crippen molar-refractivity contribution >= 4 is 28.9 Å². The lowest BCUT2D eigenvalue weighted by Gasteiger charge is -1.96. The SMILES string of the molecule is COC(=O)c1sc(-c2ccc([N+](=O)[O-])o2)c(C)c1N. The van der Waals surface area contributed by atoms with Crippen LogP contribution in [0.15, 0.2) is 16.5 Å². The van der Waals surface area contributed by atoms with Crippen molar-refractivity contribution in [2.45, 2.75) is 6.92 Å². The topological polar surface area (TPSA) is 109 Å². The molecule has 100 valence electrons. The van der Waals surface area contributed by atoms with Crippen LogP contribution in [0.25, 0.3) is 10.6 Å². The summed E-state index contributed by atoms with van der Waals surface area (Å²) in [4.78, 5) is 22.3. The van der Waals surface area contributed by atoms with E-state index in [0.29, 0.717) is 21.9 Å². The Morgan fingerprint density at radius 2 is 2.21 bits per heavy atom. The summed E-state index contributed by atoms with van der Waals surface area (Å²) in [6, 6.07) is 2.72. The summed E-state index contributed by atoms with van der Waals surface area (Å²) < 4.78 is 9.71. The average Bonchev–Trinajstić information content (AvgIpc) is 2.96. The number of furan rings is 1. The zero-order valence-electron chi connectivity index (χ0n) is 10.1. The molecule has 7 nitrogen and oxygen atoms in total. The predicted molar refractivity (Wildman–Crippen MR) is 69.2 cm³/mol. The molecule has 8 heteroatoms. The number of hydrogen-bond acceptors (Lipinski definition) is 7. The van der Waals surface area contributed by atoms with Crippen LogP contribution in [-0.2, 0) is 4.74 Å². The van der Waals surface area contributed by atoms with E-state index in [1.165, 1.54) is 19.2 Å². The van der Waals surface area contributed by atoms with Crippen molar-refractivity contribution in [1.29, 1.82) is 0 Å². The molecule has 0 bridgehead atoms. The minimum atomic E-state index is -0.628. The minimum absolute atomic E-state index is 0.258. The normalized spacial score (nSPS) is 10.4. The van der Waals surface area contributed by atoms with Crippen molar-refractivity contribution in [2.24, 2.45) is 0 Å². The van der Waals surface area contributed by atoms with Gasteiger partial charge in [-0.2, -0.15) is 0 Å². The van der Waals surface area contributed by atoms with Crippen molar-refractivity contribution in [2.75, 3.05) is 12.8 Å². The summed E-state index contributed by atoms with van der Waals surface area (Å²) in [6.07, 6.45) is 0. The number of esters is 1. The van der Waals surface area contributed by atoms with Gasteiger partial charge in [0.1, 0.15) is 9.80 Å². The van der Waals surface area contributed by atoms with Crippen molar-refractivity contribution in [3.8, 4) is 10.6 Å². The molecular formula is C11H10N2O5S. The highest BCUT2D eigenvalue weighted by Gasteiger charge is 2.23. The number of hydrogen-bond donors (Lipinski definition) is 1. The molecule has 0 aliphatic carbocycles. The first-order valence-corrected chi connectivity index (χ1v) is 5.99. The molecule has 0 aromatic carbocycles. The van der Waals surface area contributed by atoms with Crippen LogP contribution in [0.1, 0.15) is 15.2 Å². The van der Waals surface area contributed by atoms with Gasteiger partial charge < -0.3 is 14.9 Å². The Bertz CT molecular complexity index is 658. The highest BCUT2D eigenvalue weighted by molar-refractivity contribution is 7.18. The van der Waals surface area contributed by atoms with E-state index >= 15 is 0 Å². The van der Waals surface area contributed by atoms with Gasteiger partial charge >= 0.3 is 11.9 Å². The van der Waals surface area contributed by atoms with E-state index in [-0.39, 0.29) is 10.8 Å². The molecule has 0 fully saturated rings. The Balaban J connectivity index is 2.50. The molecule has 0 spiro atoms. The Kier molecular flexibility index (Phi) is 3.26. The van der Waals surface area contributed by atoms with Crippen LogP contribution in [-0.4, -0.2) is 18.0 Å². The van der Waals surface area contributed by atoms with E-state index < -0.39 is 10.9 Å². The molecule has 0 saturated heterocycles. The summed E-state index contributed by atoms with van der Waals surface area (Å²) in [5, 5.41) is 10.6. The predicted octanol–water partition coefficient (Wildman–Crippen LogP) is 2.59. The van der Waals surface area contributed by atoms with Crippen molar-refractivity contribution in [3.05, 3.63) is 32.7 Å². The molecule has 2 N–H and O–H groups in total. The maximum Gasteiger partial charge on any atom is 0.433 e. The third-order valence-electron chi connectivity index (χ3n) is 2.56. The summed E-state index contributed by atoms with van der Waals surface area (Å²) in [7, 11) is 1.26. The Labute approximate surface area is 111 Å². The largest absolute Gasteiger partial charge is 0.465 e. The molecule has 2 rings (SSSR count). The smallest absolute Gasteiger partial charge is 0.433 e. The van der Waals surface area contributed by atoms with Crippen LogP contribution in [0.5, 0.6) is 0 Å². The molecule has 0 unspecified atom stereocenters. The first-order chi connectivity index (χ1) is 8.95. The Morgan fingerprint density at radius 1 is 1.53 bits per heavy atom. The van der Waals surface area contributed by atoms with Gasteiger partial charge in [0.25, 0.3) is 0 Å². The maximum absolute atomic E-state index is 11.5. The highest BCUT2D eigenvalue weighted by Crippen LogP contribution is 2.39. The second kappa shape index (κ2) is 4.73. The lowest BCUT2D eigenvalue weighted by Crippen LogP contribution is -2.01. The van der Waals surface area contributed by atoms with Gasteiger partial charge in [-0.25, -0.2) is 4.79 Å². The zero-order valence-corrected chi connectivity index (χ0v) is 10.9. The fourth-order valence-corrected chi connectivity index (χ4v) is 2.66. The second-order valence-electron chi connectivity index (χ2n) is 3.69. The van der Waals surface area contributed by atoms with Crippen LogP contribution >= 0.6 is 11.3 Å². The number of carbonyl (C=O) groups is 1. The van der Waals surface area contributed by atoms with Gasteiger partial charge in [0.05, 0.1) is 23.7 Å². The summed E-state index contributed by atoms with van der Waals surface area (Å²) in [5.41, 5.74) is 6.75. The number of nitro groups is 1. The molecule has 2 aromatic rings. The van der Waals surface area contributed by atoms with Crippen LogP contribution in [0.2, 0.25) is 0 Å². The van der Waals surface area contributed by atoms with E-state index in [4.69, 9.17) is 10.2 Å². The molecule has 0 atom stereocenters. The Morgan fingerprint density at radius 3 is 2.74 bits per heavy atom. The lowest BCUT2D eigenvalue weighted by atomic mass is 10.2. The van der Waals surface area contributed by atoms with Crippen LogP contribution in [0.4, 0.5) is 11.6 Å². The van der Waals surface area contributed by atoms with Crippen LogP contribution in [0.3, 0.4) is 0 Å². The summed E-state index contributed by atoms with van der Waals surface area (Å²) in [6.45, 7) is 1.71. The molecular weight excluding hydrogens is 272 g/mol. The van der Waals surface area contributed by atoms with Gasteiger partial charge in [-0.15, -0.1) is 11.3 Å². The Hall–Kier alpha value is -2.35. The fourth-order valence-electron chi connectivity index (χ4n) is 1.55. The minimum Gasteiger partial charge on any atom is -0.465 e. The van der Waals surface area contributed by atoms with E-state index in [1.54, 1.807) is 6.92 Å². The highest BCUT2D eigenvalue weighted by atomic mass is 32.1. The van der Waals surface area contributed by atoms with Gasteiger partial charge in [-0.1, -0.05) is 0 Å². The van der Waals surface area contributed by atoms with Crippen LogP contribution < -0.4 is 5.73 Å². The van der Waals surface area contributed by atoms with E-state index in [1.807, 2.05) is 0 Å². The molecule has 2 heterocycles. The van der Waals surface area contributed by atoms with Crippen molar-refractivity contribution < 1.29 is 18.9 Å². The fraction of sp³-hybridized carbons (Fsp3) is 0.182. The summed E-state index contributed by atoms with van der Waals surface area (Å²) >= 11 is 1.08. The molecule has 0 aliphatic heterocycles. The van der Waals surface area contributed by atoms with Gasteiger partial charge in [0, 0.05) is 0 Å². The van der Waals surface area contributed by atoms with E-state index in [0.717, 1.165) is 11.3 Å². The van der Waals surface area contributed by atoms with Crippen molar-refractivity contribution in [1.82, 2.24) is 0 Å². The van der Waals surface area contributed by atoms with Gasteiger partial charge in [-0.3, -0.25) is 10.1 Å². The first-order valence-electron chi connectivity index (χ1n) is 5.17. The third kappa shape index (κ3) is 2.17. The first kappa shape index (κ1) is 13.1. The van der Waals surface area contributed by atoms with Crippen LogP contribution in [0, 0.1) is 17.0 Å². The number of rotatable bonds is 3. The van der Waals surface area contributed by atoms with Gasteiger partial charge in [0.2, 0.25) is 0 Å². The van der Waals surface area contributed by atoms with Crippen molar-refractivity contribution in [3.63, 3.8) is 0 Å².